The summed E-state index contributed by atoms with van der Waals surface area (Å²) >= 11 is 0. The van der Waals surface area contributed by atoms with Crippen LogP contribution in [0.4, 0.5) is 11.4 Å². The zero-order chi connectivity index (χ0) is 21.7. The largest absolute Gasteiger partial charge is 0.493 e. The third-order valence-electron chi connectivity index (χ3n) is 4.70. The Hall–Kier alpha value is -3.15. The normalized spacial score (nSPS) is 11.4. The molecule has 2 N–H and O–H groups in total. The fourth-order valence-electron chi connectivity index (χ4n) is 3.14. The molecule has 0 fully saturated rings. The van der Waals surface area contributed by atoms with Gasteiger partial charge in [-0.2, -0.15) is 0 Å². The molecule has 0 aliphatic carbocycles. The van der Waals surface area contributed by atoms with Crippen LogP contribution in [0, 0.1) is 5.92 Å². The van der Waals surface area contributed by atoms with Gasteiger partial charge in [0.2, 0.25) is 5.75 Å². The lowest BCUT2D eigenvalue weighted by atomic mass is 9.91. The molecular formula is C23H30N2O4. The van der Waals surface area contributed by atoms with E-state index >= 15 is 0 Å². The van der Waals surface area contributed by atoms with E-state index < -0.39 is 0 Å². The van der Waals surface area contributed by atoms with Crippen LogP contribution in [0.3, 0.4) is 0 Å². The van der Waals surface area contributed by atoms with Gasteiger partial charge in [-0.15, -0.1) is 0 Å². The highest BCUT2D eigenvalue weighted by atomic mass is 16.5. The summed E-state index contributed by atoms with van der Waals surface area (Å²) in [6, 6.07) is 8.98. The lowest BCUT2D eigenvalue weighted by molar-refractivity contribution is 0.102. The molecule has 156 valence electrons. The van der Waals surface area contributed by atoms with Crippen molar-refractivity contribution in [3.05, 3.63) is 47.0 Å². The number of hydrogen-bond donors (Lipinski definition) is 1. The highest BCUT2D eigenvalue weighted by Crippen LogP contribution is 2.41. The SMILES string of the molecule is COc1ccc(/C=C(/C(=O)c2ccc(N)c(N(C)C)c2)C(C)C)c(OC)c1OC. The fourth-order valence-corrected chi connectivity index (χ4v) is 3.14. The number of nitrogens with two attached hydrogens (primary N) is 1. The summed E-state index contributed by atoms with van der Waals surface area (Å²) in [5.41, 5.74) is 9.46. The van der Waals surface area contributed by atoms with Crippen molar-refractivity contribution in [2.75, 3.05) is 46.1 Å². The second-order valence-corrected chi connectivity index (χ2v) is 7.18. The van der Waals surface area contributed by atoms with Crippen molar-refractivity contribution in [1.82, 2.24) is 0 Å². The van der Waals surface area contributed by atoms with Crippen LogP contribution in [0.25, 0.3) is 6.08 Å². The second kappa shape index (κ2) is 9.37. The molecule has 0 aromatic heterocycles. The molecule has 29 heavy (non-hydrogen) atoms. The van der Waals surface area contributed by atoms with Crippen LogP contribution in [-0.4, -0.2) is 41.2 Å². The predicted octanol–water partition coefficient (Wildman–Crippen LogP) is 4.28. The van der Waals surface area contributed by atoms with E-state index in [9.17, 15) is 4.79 Å². The van der Waals surface area contributed by atoms with Gasteiger partial charge in [0.1, 0.15) is 0 Å². The van der Waals surface area contributed by atoms with E-state index in [4.69, 9.17) is 19.9 Å². The van der Waals surface area contributed by atoms with Crippen LogP contribution in [-0.2, 0) is 0 Å². The zero-order valence-corrected chi connectivity index (χ0v) is 18.2. The summed E-state index contributed by atoms with van der Waals surface area (Å²) in [7, 11) is 8.48. The molecule has 0 atom stereocenters. The Labute approximate surface area is 172 Å². The maximum Gasteiger partial charge on any atom is 0.203 e. The first-order valence-electron chi connectivity index (χ1n) is 9.37. The molecule has 0 aliphatic rings. The van der Waals surface area contributed by atoms with Crippen molar-refractivity contribution in [3.63, 3.8) is 0 Å². The van der Waals surface area contributed by atoms with Crippen molar-refractivity contribution >= 4 is 23.2 Å². The first kappa shape index (κ1) is 22.1. The number of ether oxygens (including phenoxy) is 3. The van der Waals surface area contributed by atoms with Gasteiger partial charge in [-0.3, -0.25) is 4.79 Å². The molecule has 0 aliphatic heterocycles. The molecule has 0 bridgehead atoms. The minimum Gasteiger partial charge on any atom is -0.493 e. The summed E-state index contributed by atoms with van der Waals surface area (Å²) in [5, 5.41) is 0. The molecule has 2 rings (SSSR count). The van der Waals surface area contributed by atoms with Gasteiger partial charge in [0.15, 0.2) is 17.3 Å². The number of anilines is 2. The van der Waals surface area contributed by atoms with E-state index in [2.05, 4.69) is 0 Å². The van der Waals surface area contributed by atoms with Crippen molar-refractivity contribution in [2.45, 2.75) is 13.8 Å². The standard InChI is InChI=1S/C23H30N2O4/c1-14(2)17(21(26)15-8-10-18(24)19(13-15)25(3)4)12-16-9-11-20(27-5)23(29-7)22(16)28-6/h8-14H,24H2,1-7H3/b17-12+. The molecule has 0 spiro atoms. The molecule has 6 nitrogen and oxygen atoms in total. The minimum absolute atomic E-state index is 0.000613. The second-order valence-electron chi connectivity index (χ2n) is 7.18. The lowest BCUT2D eigenvalue weighted by Gasteiger charge is -2.18. The number of carbonyl (C=O) groups excluding carboxylic acids is 1. The zero-order valence-electron chi connectivity index (χ0n) is 18.2. The molecule has 0 radical (unpaired) electrons. The summed E-state index contributed by atoms with van der Waals surface area (Å²) in [6.45, 7) is 3.97. The number of Topliss-reactive ketones (excluding diaryl/α,β-unsaturated/α-hetero) is 1. The first-order valence-corrected chi connectivity index (χ1v) is 9.37. The van der Waals surface area contributed by atoms with Crippen LogP contribution in [0.15, 0.2) is 35.9 Å². The van der Waals surface area contributed by atoms with Gasteiger partial charge in [0, 0.05) is 30.8 Å². The highest BCUT2D eigenvalue weighted by molar-refractivity contribution is 6.12. The van der Waals surface area contributed by atoms with Crippen molar-refractivity contribution in [3.8, 4) is 17.2 Å². The van der Waals surface area contributed by atoms with Crippen LogP contribution < -0.4 is 24.8 Å². The molecule has 6 heteroatoms. The maximum atomic E-state index is 13.3. The molecule has 0 saturated carbocycles. The van der Waals surface area contributed by atoms with Crippen molar-refractivity contribution in [2.24, 2.45) is 5.92 Å². The Kier molecular flexibility index (Phi) is 7.15. The van der Waals surface area contributed by atoms with Crippen LogP contribution in [0.2, 0.25) is 0 Å². The molecular weight excluding hydrogens is 368 g/mol. The minimum atomic E-state index is -0.0556. The smallest absolute Gasteiger partial charge is 0.203 e. The maximum absolute atomic E-state index is 13.3. The van der Waals surface area contributed by atoms with Crippen LogP contribution in [0.5, 0.6) is 17.2 Å². The predicted molar refractivity (Wildman–Crippen MR) is 118 cm³/mol. The molecule has 0 amide bonds. The van der Waals surface area contributed by atoms with E-state index in [1.807, 2.05) is 51.1 Å². The average Bonchev–Trinajstić information content (AvgIpc) is 2.70. The number of ketones is 1. The Bertz CT molecular complexity index is 917. The highest BCUT2D eigenvalue weighted by Gasteiger charge is 2.20. The summed E-state index contributed by atoms with van der Waals surface area (Å²) in [5.74, 6) is 1.51. The Balaban J connectivity index is 2.59. The number of benzene rings is 2. The van der Waals surface area contributed by atoms with E-state index in [0.29, 0.717) is 34.1 Å². The number of nitrogen functional groups attached to an aromatic ring is 1. The van der Waals surface area contributed by atoms with Gasteiger partial charge < -0.3 is 24.8 Å². The van der Waals surface area contributed by atoms with Gasteiger partial charge in [-0.1, -0.05) is 13.8 Å². The van der Waals surface area contributed by atoms with Crippen LogP contribution >= 0.6 is 0 Å². The average molecular weight is 399 g/mol. The van der Waals surface area contributed by atoms with E-state index in [0.717, 1.165) is 11.3 Å². The molecule has 2 aromatic rings. The third-order valence-corrected chi connectivity index (χ3v) is 4.70. The van der Waals surface area contributed by atoms with E-state index in [1.165, 1.54) is 0 Å². The molecule has 0 saturated heterocycles. The van der Waals surface area contributed by atoms with Gasteiger partial charge >= 0.3 is 0 Å². The topological polar surface area (TPSA) is 74.0 Å². The number of methoxy groups -OCH3 is 3. The summed E-state index contributed by atoms with van der Waals surface area (Å²) in [6.07, 6.45) is 1.85. The Morgan fingerprint density at radius 1 is 1.00 bits per heavy atom. The van der Waals surface area contributed by atoms with Gasteiger partial charge in [-0.25, -0.2) is 0 Å². The summed E-state index contributed by atoms with van der Waals surface area (Å²) < 4.78 is 16.4. The molecule has 0 unspecified atom stereocenters. The van der Waals surface area contributed by atoms with Gasteiger partial charge in [0.05, 0.1) is 32.7 Å². The van der Waals surface area contributed by atoms with E-state index in [-0.39, 0.29) is 11.7 Å². The quantitative estimate of drug-likeness (QED) is 0.406. The monoisotopic (exact) mass is 398 g/mol. The van der Waals surface area contributed by atoms with Gasteiger partial charge in [0.25, 0.3) is 0 Å². The molecule has 0 heterocycles. The number of hydrogen-bond acceptors (Lipinski definition) is 6. The summed E-state index contributed by atoms with van der Waals surface area (Å²) in [4.78, 5) is 15.2. The number of carbonyl (C=O) groups is 1. The molecule has 2 aromatic carbocycles. The lowest BCUT2D eigenvalue weighted by Crippen LogP contribution is -2.14. The van der Waals surface area contributed by atoms with Crippen molar-refractivity contribution < 1.29 is 19.0 Å². The number of rotatable bonds is 8. The number of nitrogens with zero attached hydrogens (tertiary/aromatic N) is 1. The van der Waals surface area contributed by atoms with Gasteiger partial charge in [-0.05, 0) is 42.3 Å². The van der Waals surface area contributed by atoms with Crippen molar-refractivity contribution in [1.29, 1.82) is 0 Å². The third kappa shape index (κ3) is 4.65. The Morgan fingerprint density at radius 2 is 1.66 bits per heavy atom. The van der Waals surface area contributed by atoms with Crippen LogP contribution in [0.1, 0.15) is 29.8 Å². The fraction of sp³-hybridized carbons (Fsp3) is 0.348. The van der Waals surface area contributed by atoms with E-state index in [1.54, 1.807) is 39.5 Å². The number of allylic oxidation sites excluding steroid dienone is 1. The Morgan fingerprint density at radius 3 is 2.17 bits per heavy atom. The first-order chi connectivity index (χ1) is 13.7.